The van der Waals surface area contributed by atoms with Crippen LogP contribution in [0, 0.1) is 0 Å². The minimum Gasteiger partial charge on any atom is -0.494 e. The van der Waals surface area contributed by atoms with Gasteiger partial charge >= 0.3 is 0 Å². The molecule has 1 N–H and O–H groups in total. The van der Waals surface area contributed by atoms with E-state index in [4.69, 9.17) is 4.74 Å². The predicted molar refractivity (Wildman–Crippen MR) is 125 cm³/mol. The van der Waals surface area contributed by atoms with E-state index in [-0.39, 0.29) is 5.91 Å². The number of hydrogen-bond donors (Lipinski definition) is 1. The molecule has 6 heteroatoms. The number of hydrogen-bond acceptors (Lipinski definition) is 4. The fourth-order valence-electron chi connectivity index (χ4n) is 3.39. The van der Waals surface area contributed by atoms with Gasteiger partial charge in [-0.05, 0) is 42.7 Å². The summed E-state index contributed by atoms with van der Waals surface area (Å²) in [5, 5.41) is 7.70. The Hall–Kier alpha value is -3.93. The molecule has 6 nitrogen and oxygen atoms in total. The maximum Gasteiger partial charge on any atom is 0.255 e. The van der Waals surface area contributed by atoms with Gasteiger partial charge in [0.15, 0.2) is 0 Å². The second-order valence-electron chi connectivity index (χ2n) is 7.44. The zero-order valence-electron chi connectivity index (χ0n) is 17.9. The minimum atomic E-state index is -0.132. The topological polar surface area (TPSA) is 69.0 Å². The minimum absolute atomic E-state index is 0.132. The third-order valence-electron chi connectivity index (χ3n) is 5.00. The molecule has 4 rings (SSSR count). The van der Waals surface area contributed by atoms with Crippen molar-refractivity contribution in [2.24, 2.45) is 0 Å². The average molecular weight is 427 g/mol. The fraction of sp³-hybridized carbons (Fsp3) is 0.192. The number of aromatic nitrogens is 3. The molecule has 0 saturated heterocycles. The van der Waals surface area contributed by atoms with Crippen molar-refractivity contribution < 1.29 is 9.53 Å². The highest BCUT2D eigenvalue weighted by atomic mass is 16.5. The SMILES string of the molecule is O=C(NCCCCOc1ccccc1)c1cn(Cc2ccccc2)nc1-c1cccnc1. The Labute approximate surface area is 187 Å². The molecular weight excluding hydrogens is 400 g/mol. The first-order chi connectivity index (χ1) is 15.8. The Kier molecular flexibility index (Phi) is 7.26. The Bertz CT molecular complexity index is 1110. The molecule has 0 spiro atoms. The molecule has 0 unspecified atom stereocenters. The number of carbonyl (C=O) groups excluding carboxylic acids is 1. The molecule has 0 bridgehead atoms. The smallest absolute Gasteiger partial charge is 0.255 e. The maximum absolute atomic E-state index is 12.9. The lowest BCUT2D eigenvalue weighted by Crippen LogP contribution is -2.25. The van der Waals surface area contributed by atoms with Gasteiger partial charge in [-0.15, -0.1) is 0 Å². The first kappa shape index (κ1) is 21.3. The van der Waals surface area contributed by atoms with Crippen molar-refractivity contribution in [1.82, 2.24) is 20.1 Å². The van der Waals surface area contributed by atoms with Crippen molar-refractivity contribution in [3.05, 3.63) is 103 Å². The van der Waals surface area contributed by atoms with Crippen molar-refractivity contribution in [3.8, 4) is 17.0 Å². The molecular formula is C26H26N4O2. The van der Waals surface area contributed by atoms with Crippen LogP contribution in [0.1, 0.15) is 28.8 Å². The number of ether oxygens (including phenoxy) is 1. The van der Waals surface area contributed by atoms with Gasteiger partial charge in [-0.3, -0.25) is 14.5 Å². The zero-order chi connectivity index (χ0) is 22.0. The Morgan fingerprint density at radius 3 is 2.47 bits per heavy atom. The van der Waals surface area contributed by atoms with Crippen LogP contribution in [0.2, 0.25) is 0 Å². The zero-order valence-corrected chi connectivity index (χ0v) is 17.9. The van der Waals surface area contributed by atoms with Gasteiger partial charge in [0, 0.05) is 30.7 Å². The molecule has 0 aliphatic rings. The van der Waals surface area contributed by atoms with Crippen molar-refractivity contribution in [2.45, 2.75) is 19.4 Å². The normalized spacial score (nSPS) is 10.6. The van der Waals surface area contributed by atoms with Gasteiger partial charge in [-0.2, -0.15) is 5.10 Å². The lowest BCUT2D eigenvalue weighted by molar-refractivity contribution is 0.0953. The van der Waals surface area contributed by atoms with E-state index in [9.17, 15) is 4.79 Å². The largest absolute Gasteiger partial charge is 0.494 e. The van der Waals surface area contributed by atoms with Gasteiger partial charge < -0.3 is 10.1 Å². The molecule has 4 aromatic rings. The second kappa shape index (κ2) is 10.9. The molecule has 0 aliphatic heterocycles. The van der Waals surface area contributed by atoms with Crippen LogP contribution in [0.5, 0.6) is 5.75 Å². The van der Waals surface area contributed by atoms with Gasteiger partial charge in [-0.25, -0.2) is 0 Å². The van der Waals surface area contributed by atoms with E-state index >= 15 is 0 Å². The molecule has 2 aromatic carbocycles. The van der Waals surface area contributed by atoms with Gasteiger partial charge in [0.1, 0.15) is 11.4 Å². The molecule has 0 radical (unpaired) electrons. The number of benzene rings is 2. The van der Waals surface area contributed by atoms with E-state index in [2.05, 4.69) is 15.4 Å². The number of pyridine rings is 1. The number of amides is 1. The first-order valence-electron chi connectivity index (χ1n) is 10.8. The van der Waals surface area contributed by atoms with E-state index in [1.165, 1.54) is 0 Å². The van der Waals surface area contributed by atoms with Gasteiger partial charge in [0.25, 0.3) is 5.91 Å². The Morgan fingerprint density at radius 1 is 0.938 bits per heavy atom. The third kappa shape index (κ3) is 5.82. The van der Waals surface area contributed by atoms with Crippen LogP contribution >= 0.6 is 0 Å². The van der Waals surface area contributed by atoms with E-state index in [1.54, 1.807) is 17.1 Å². The summed E-state index contributed by atoms with van der Waals surface area (Å²) >= 11 is 0. The number of carbonyl (C=O) groups is 1. The summed E-state index contributed by atoms with van der Waals surface area (Å²) in [6, 6.07) is 23.6. The van der Waals surface area contributed by atoms with Crippen LogP contribution in [0.15, 0.2) is 91.4 Å². The number of unbranched alkanes of at least 4 members (excludes halogenated alkanes) is 1. The van der Waals surface area contributed by atoms with Gasteiger partial charge in [0.2, 0.25) is 0 Å². The maximum atomic E-state index is 12.9. The molecule has 1 amide bonds. The fourth-order valence-corrected chi connectivity index (χ4v) is 3.39. The molecule has 162 valence electrons. The highest BCUT2D eigenvalue weighted by Gasteiger charge is 2.18. The number of rotatable bonds is 10. The van der Waals surface area contributed by atoms with Crippen LogP contribution in [-0.4, -0.2) is 33.8 Å². The molecule has 2 heterocycles. The monoisotopic (exact) mass is 426 g/mol. The molecule has 0 saturated carbocycles. The summed E-state index contributed by atoms with van der Waals surface area (Å²) in [4.78, 5) is 17.1. The van der Waals surface area contributed by atoms with Crippen LogP contribution in [-0.2, 0) is 6.54 Å². The number of nitrogens with one attached hydrogen (secondary N) is 1. The predicted octanol–water partition coefficient (Wildman–Crippen LogP) is 4.58. The summed E-state index contributed by atoms with van der Waals surface area (Å²) < 4.78 is 7.51. The van der Waals surface area contributed by atoms with Gasteiger partial charge in [-0.1, -0.05) is 48.5 Å². The van der Waals surface area contributed by atoms with Crippen molar-refractivity contribution >= 4 is 5.91 Å². The number of para-hydroxylation sites is 1. The highest BCUT2D eigenvalue weighted by molar-refractivity contribution is 5.99. The summed E-state index contributed by atoms with van der Waals surface area (Å²) in [5.74, 6) is 0.732. The number of nitrogens with zero attached hydrogens (tertiary/aromatic N) is 3. The van der Waals surface area contributed by atoms with Crippen molar-refractivity contribution in [2.75, 3.05) is 13.2 Å². The molecule has 0 fully saturated rings. The van der Waals surface area contributed by atoms with E-state index < -0.39 is 0 Å². The van der Waals surface area contributed by atoms with E-state index in [1.807, 2.05) is 79.0 Å². The Morgan fingerprint density at radius 2 is 1.72 bits per heavy atom. The van der Waals surface area contributed by atoms with E-state index in [0.29, 0.717) is 31.0 Å². The highest BCUT2D eigenvalue weighted by Crippen LogP contribution is 2.22. The van der Waals surface area contributed by atoms with E-state index in [0.717, 1.165) is 29.7 Å². The molecule has 2 aromatic heterocycles. The average Bonchev–Trinajstić information content (AvgIpc) is 3.27. The summed E-state index contributed by atoms with van der Waals surface area (Å²) in [7, 11) is 0. The van der Waals surface area contributed by atoms with Crippen molar-refractivity contribution in [3.63, 3.8) is 0 Å². The second-order valence-corrected chi connectivity index (χ2v) is 7.44. The lowest BCUT2D eigenvalue weighted by Gasteiger charge is -2.07. The molecule has 0 atom stereocenters. The summed E-state index contributed by atoms with van der Waals surface area (Å²) in [5.41, 5.74) is 3.13. The van der Waals surface area contributed by atoms with Crippen molar-refractivity contribution in [1.29, 1.82) is 0 Å². The van der Waals surface area contributed by atoms with Gasteiger partial charge in [0.05, 0.1) is 18.7 Å². The molecule has 32 heavy (non-hydrogen) atoms. The summed E-state index contributed by atoms with van der Waals surface area (Å²) in [6.07, 6.45) is 6.94. The van der Waals surface area contributed by atoms with Crippen LogP contribution in [0.25, 0.3) is 11.3 Å². The van der Waals surface area contributed by atoms with Crippen LogP contribution < -0.4 is 10.1 Å². The molecule has 0 aliphatic carbocycles. The van der Waals surface area contributed by atoms with Crippen LogP contribution in [0.3, 0.4) is 0 Å². The first-order valence-corrected chi connectivity index (χ1v) is 10.8. The lowest BCUT2D eigenvalue weighted by atomic mass is 10.1. The Balaban J connectivity index is 1.36. The summed E-state index contributed by atoms with van der Waals surface area (Å²) in [6.45, 7) is 1.79. The standard InChI is InChI=1S/C26H26N4O2/c31-26(28-16-7-8-17-32-23-13-5-2-6-14-23)24-20-30(19-21-10-3-1-4-11-21)29-25(24)22-12-9-15-27-18-22/h1-6,9-15,18,20H,7-8,16-17,19H2,(H,28,31). The quantitative estimate of drug-likeness (QED) is 0.377. The third-order valence-corrected chi connectivity index (χ3v) is 5.00. The van der Waals surface area contributed by atoms with Crippen LogP contribution in [0.4, 0.5) is 0 Å².